The van der Waals surface area contributed by atoms with E-state index in [1.807, 2.05) is 0 Å². The van der Waals surface area contributed by atoms with E-state index < -0.39 is 29.8 Å². The first-order valence-electron chi connectivity index (χ1n) is 7.81. The third kappa shape index (κ3) is 6.62. The largest absolute Gasteiger partial charge is 0.480 e. The zero-order valence-electron chi connectivity index (χ0n) is 14.4. The van der Waals surface area contributed by atoms with Crippen molar-refractivity contribution < 1.29 is 29.0 Å². The summed E-state index contributed by atoms with van der Waals surface area (Å²) in [5.41, 5.74) is 0.618. The molecule has 0 fully saturated rings. The number of carbonyl (C=O) groups is 4. The first-order valence-corrected chi connectivity index (χ1v) is 7.81. The SMILES string of the molecule is CCOC(=O)C[C@@H](C)[C@@H](NC(=O)c1cccc(NC(C)=O)c1)C(=O)O. The molecule has 0 saturated carbocycles. The molecule has 0 spiro atoms. The van der Waals surface area contributed by atoms with E-state index in [1.165, 1.54) is 19.1 Å². The molecule has 0 saturated heterocycles. The van der Waals surface area contributed by atoms with Crippen LogP contribution in [0.3, 0.4) is 0 Å². The third-order valence-corrected chi connectivity index (χ3v) is 3.36. The minimum atomic E-state index is -1.25. The van der Waals surface area contributed by atoms with E-state index >= 15 is 0 Å². The molecular weight excluding hydrogens is 328 g/mol. The van der Waals surface area contributed by atoms with Gasteiger partial charge in [0.2, 0.25) is 5.91 Å². The van der Waals surface area contributed by atoms with Crippen molar-refractivity contribution in [2.75, 3.05) is 11.9 Å². The van der Waals surface area contributed by atoms with Gasteiger partial charge in [-0.3, -0.25) is 14.4 Å². The standard InChI is InChI=1S/C17H22N2O6/c1-4-25-14(21)8-10(2)15(17(23)24)19-16(22)12-6-5-7-13(9-12)18-11(3)20/h5-7,9-10,15H,4,8H2,1-3H3,(H,18,20)(H,19,22)(H,23,24)/t10-,15-/m1/s1. The first kappa shape index (κ1) is 20.1. The molecule has 8 heteroatoms. The summed E-state index contributed by atoms with van der Waals surface area (Å²) in [5, 5.41) is 14.3. The molecule has 136 valence electrons. The lowest BCUT2D eigenvalue weighted by molar-refractivity contribution is -0.145. The molecule has 3 N–H and O–H groups in total. The van der Waals surface area contributed by atoms with E-state index in [1.54, 1.807) is 26.0 Å². The van der Waals surface area contributed by atoms with Gasteiger partial charge in [-0.05, 0) is 31.0 Å². The molecular formula is C17H22N2O6. The summed E-state index contributed by atoms with van der Waals surface area (Å²) in [4.78, 5) is 46.3. The molecule has 0 aliphatic carbocycles. The normalized spacial score (nSPS) is 12.6. The second-order valence-electron chi connectivity index (χ2n) is 5.54. The van der Waals surface area contributed by atoms with E-state index in [0.717, 1.165) is 0 Å². The molecule has 8 nitrogen and oxygen atoms in total. The summed E-state index contributed by atoms with van der Waals surface area (Å²) in [6, 6.07) is 4.86. The number of anilines is 1. The van der Waals surface area contributed by atoms with Crippen molar-refractivity contribution in [1.29, 1.82) is 0 Å². The van der Waals surface area contributed by atoms with E-state index in [-0.39, 0.29) is 24.5 Å². The van der Waals surface area contributed by atoms with Crippen molar-refractivity contribution in [1.82, 2.24) is 5.32 Å². The second kappa shape index (κ2) is 9.41. The maximum Gasteiger partial charge on any atom is 0.326 e. The minimum absolute atomic E-state index is 0.128. The highest BCUT2D eigenvalue weighted by molar-refractivity contribution is 5.98. The lowest BCUT2D eigenvalue weighted by Crippen LogP contribution is -2.45. The molecule has 2 amide bonds. The monoisotopic (exact) mass is 350 g/mol. The van der Waals surface area contributed by atoms with Crippen LogP contribution in [0.25, 0.3) is 0 Å². The number of rotatable bonds is 8. The molecule has 0 radical (unpaired) electrons. The maximum atomic E-state index is 12.3. The zero-order valence-corrected chi connectivity index (χ0v) is 14.4. The van der Waals surface area contributed by atoms with Crippen LogP contribution in [0.2, 0.25) is 0 Å². The molecule has 1 aromatic carbocycles. The van der Waals surface area contributed by atoms with Gasteiger partial charge in [-0.2, -0.15) is 0 Å². The number of benzene rings is 1. The number of esters is 1. The quantitative estimate of drug-likeness (QED) is 0.610. The Morgan fingerprint density at radius 3 is 2.48 bits per heavy atom. The van der Waals surface area contributed by atoms with Crippen molar-refractivity contribution >= 4 is 29.4 Å². The van der Waals surface area contributed by atoms with Gasteiger partial charge in [0.25, 0.3) is 5.91 Å². The fraction of sp³-hybridized carbons (Fsp3) is 0.412. The van der Waals surface area contributed by atoms with Crippen molar-refractivity contribution in [2.24, 2.45) is 5.92 Å². The second-order valence-corrected chi connectivity index (χ2v) is 5.54. The van der Waals surface area contributed by atoms with Crippen LogP contribution in [0.15, 0.2) is 24.3 Å². The van der Waals surface area contributed by atoms with Crippen molar-refractivity contribution in [3.8, 4) is 0 Å². The fourth-order valence-electron chi connectivity index (χ4n) is 2.21. The van der Waals surface area contributed by atoms with E-state index in [2.05, 4.69) is 10.6 Å². The molecule has 0 unspecified atom stereocenters. The summed E-state index contributed by atoms with van der Waals surface area (Å²) in [5.74, 6) is -3.33. The van der Waals surface area contributed by atoms with Crippen LogP contribution < -0.4 is 10.6 Å². The number of carboxylic acids is 1. The van der Waals surface area contributed by atoms with Gasteiger partial charge < -0.3 is 20.5 Å². The van der Waals surface area contributed by atoms with Gasteiger partial charge in [-0.1, -0.05) is 13.0 Å². The van der Waals surface area contributed by atoms with Crippen molar-refractivity contribution in [2.45, 2.75) is 33.2 Å². The number of hydrogen-bond acceptors (Lipinski definition) is 5. The summed E-state index contributed by atoms with van der Waals surface area (Å²) < 4.78 is 4.80. The van der Waals surface area contributed by atoms with Gasteiger partial charge in [0, 0.05) is 18.2 Å². The Kier molecular flexibility index (Phi) is 7.58. The lowest BCUT2D eigenvalue weighted by Gasteiger charge is -2.21. The molecule has 0 aliphatic heterocycles. The summed E-state index contributed by atoms with van der Waals surface area (Å²) in [6.45, 7) is 4.74. The average molecular weight is 350 g/mol. The Labute approximate surface area is 145 Å². The average Bonchev–Trinajstić information content (AvgIpc) is 2.51. The lowest BCUT2D eigenvalue weighted by atomic mass is 9.98. The van der Waals surface area contributed by atoms with Crippen LogP contribution >= 0.6 is 0 Å². The zero-order chi connectivity index (χ0) is 19.0. The summed E-state index contributed by atoms with van der Waals surface area (Å²) in [6.07, 6.45) is -0.128. The summed E-state index contributed by atoms with van der Waals surface area (Å²) in [7, 11) is 0. The fourth-order valence-corrected chi connectivity index (χ4v) is 2.21. The predicted molar refractivity (Wildman–Crippen MR) is 90.0 cm³/mol. The molecule has 0 bridgehead atoms. The molecule has 25 heavy (non-hydrogen) atoms. The molecule has 1 rings (SSSR count). The number of ether oxygens (including phenoxy) is 1. The van der Waals surface area contributed by atoms with Gasteiger partial charge in [-0.15, -0.1) is 0 Å². The molecule has 1 aromatic rings. The van der Waals surface area contributed by atoms with E-state index in [9.17, 15) is 24.3 Å². The Morgan fingerprint density at radius 1 is 1.24 bits per heavy atom. The van der Waals surface area contributed by atoms with Crippen molar-refractivity contribution in [3.05, 3.63) is 29.8 Å². The maximum absolute atomic E-state index is 12.3. The topological polar surface area (TPSA) is 122 Å². The number of aliphatic carboxylic acids is 1. The number of carboxylic acid groups (broad SMARTS) is 1. The predicted octanol–water partition coefficient (Wildman–Crippen LogP) is 1.42. The molecule has 0 aliphatic rings. The molecule has 0 aromatic heterocycles. The Bertz CT molecular complexity index is 658. The number of amides is 2. The van der Waals surface area contributed by atoms with Crippen LogP contribution in [0.5, 0.6) is 0 Å². The van der Waals surface area contributed by atoms with Gasteiger partial charge in [-0.25, -0.2) is 4.79 Å². The summed E-state index contributed by atoms with van der Waals surface area (Å²) >= 11 is 0. The molecule has 2 atom stereocenters. The van der Waals surface area contributed by atoms with E-state index in [0.29, 0.717) is 5.69 Å². The van der Waals surface area contributed by atoms with Crippen LogP contribution in [0, 0.1) is 5.92 Å². The van der Waals surface area contributed by atoms with Gasteiger partial charge in [0.15, 0.2) is 0 Å². The third-order valence-electron chi connectivity index (χ3n) is 3.36. The number of carbonyl (C=O) groups excluding carboxylic acids is 3. The highest BCUT2D eigenvalue weighted by Gasteiger charge is 2.29. The van der Waals surface area contributed by atoms with Crippen molar-refractivity contribution in [3.63, 3.8) is 0 Å². The smallest absolute Gasteiger partial charge is 0.326 e. The minimum Gasteiger partial charge on any atom is -0.480 e. The Balaban J connectivity index is 2.84. The molecule has 0 heterocycles. The van der Waals surface area contributed by atoms with Gasteiger partial charge >= 0.3 is 11.9 Å². The Hall–Kier alpha value is -2.90. The van der Waals surface area contributed by atoms with Crippen LogP contribution in [-0.2, 0) is 19.1 Å². The van der Waals surface area contributed by atoms with Crippen LogP contribution in [-0.4, -0.2) is 41.5 Å². The van der Waals surface area contributed by atoms with Crippen LogP contribution in [0.4, 0.5) is 5.69 Å². The highest BCUT2D eigenvalue weighted by Crippen LogP contribution is 2.14. The van der Waals surface area contributed by atoms with Gasteiger partial charge in [0.1, 0.15) is 6.04 Å². The van der Waals surface area contributed by atoms with Gasteiger partial charge in [0.05, 0.1) is 13.0 Å². The first-order chi connectivity index (χ1) is 11.7. The van der Waals surface area contributed by atoms with E-state index in [4.69, 9.17) is 4.74 Å². The van der Waals surface area contributed by atoms with Crippen LogP contribution in [0.1, 0.15) is 37.6 Å². The number of nitrogens with one attached hydrogen (secondary N) is 2. The number of hydrogen-bond donors (Lipinski definition) is 3. The highest BCUT2D eigenvalue weighted by atomic mass is 16.5. The Morgan fingerprint density at radius 2 is 1.92 bits per heavy atom.